The number of rotatable bonds is 25. The third-order valence-corrected chi connectivity index (χ3v) is 18.2. The number of fused-ring (bicyclic) bond motifs is 6. The van der Waals surface area contributed by atoms with Gasteiger partial charge in [-0.05, 0) is 118 Å². The molecule has 4 amide bonds. The lowest BCUT2D eigenvalue weighted by Crippen LogP contribution is -2.67. The summed E-state index contributed by atoms with van der Waals surface area (Å²) in [5.74, 6) is 1.40. The summed E-state index contributed by atoms with van der Waals surface area (Å²) in [5.41, 5.74) is -0.805. The third-order valence-electron chi connectivity index (χ3n) is 16.7. The van der Waals surface area contributed by atoms with Gasteiger partial charge in [0.05, 0.1) is 49.7 Å². The van der Waals surface area contributed by atoms with Crippen LogP contribution >= 0.6 is 11.8 Å². The fourth-order valence-corrected chi connectivity index (χ4v) is 14.6. The van der Waals surface area contributed by atoms with Gasteiger partial charge in [-0.2, -0.15) is 11.8 Å². The Hall–Kier alpha value is -2.76. The number of urea groups is 1. The molecule has 0 aromatic carbocycles. The van der Waals surface area contributed by atoms with E-state index in [1.54, 1.807) is 6.08 Å². The molecule has 16 heteroatoms. The van der Waals surface area contributed by atoms with Crippen LogP contribution < -0.4 is 21.3 Å². The molecule has 7 rings (SSSR count). The van der Waals surface area contributed by atoms with Crippen molar-refractivity contribution in [2.24, 2.45) is 34.5 Å². The quantitative estimate of drug-likeness (QED) is 0.0425. The first-order valence-electron chi connectivity index (χ1n) is 24.6. The fourth-order valence-electron chi connectivity index (χ4n) is 13.0. The van der Waals surface area contributed by atoms with Gasteiger partial charge in [0.15, 0.2) is 0 Å². The molecule has 0 spiro atoms. The van der Waals surface area contributed by atoms with Gasteiger partial charge in [0, 0.05) is 61.5 Å². The number of cyclic esters (lactones) is 1. The van der Waals surface area contributed by atoms with E-state index in [0.717, 1.165) is 88.4 Å². The predicted molar refractivity (Wildman–Crippen MR) is 241 cm³/mol. The van der Waals surface area contributed by atoms with E-state index < -0.39 is 17.1 Å². The standard InChI is InChI=1S/C48H76N4O11S/c1-46-17-15-34(26-32(46)13-14-36-37(46)27-40(54)47(2)35(16-18-48(36,47)59)31-25-43(57)63-28-31)62-29-42(56)49-19-7-3-4-12-41(55)50-20-22-61-24-23-60-21-8-10-33(53)9-5-6-11-39-44-38(30-64-39)51-45(58)52-44/h25,32,34-40,44,54,59H,3-24,26-30H2,1-2H3,(H,49,56)(H,50,55)(H2,51,52,58)/t32-,34+,35-,36-,37+,38+,39+,40-,44+,46+,47+,48+/m1/s1. The zero-order chi connectivity index (χ0) is 45.3. The van der Waals surface area contributed by atoms with Crippen molar-refractivity contribution in [2.45, 2.75) is 165 Å². The first kappa shape index (κ1) is 49.2. The molecule has 360 valence electrons. The Morgan fingerprint density at radius 3 is 2.44 bits per heavy atom. The number of ketones is 1. The highest BCUT2D eigenvalue weighted by Crippen LogP contribution is 2.70. The zero-order valence-corrected chi connectivity index (χ0v) is 39.2. The first-order valence-corrected chi connectivity index (χ1v) is 25.6. The second-order valence-electron chi connectivity index (χ2n) is 20.3. The zero-order valence-electron chi connectivity index (χ0n) is 38.3. The number of aliphatic hydroxyl groups is 2. The lowest BCUT2D eigenvalue weighted by Gasteiger charge is -2.65. The van der Waals surface area contributed by atoms with Gasteiger partial charge in [0.25, 0.3) is 0 Å². The number of unbranched alkanes of at least 4 members (excludes halogenated alkanes) is 3. The number of esters is 1. The molecule has 64 heavy (non-hydrogen) atoms. The molecule has 0 radical (unpaired) electrons. The molecule has 2 saturated heterocycles. The van der Waals surface area contributed by atoms with Crippen LogP contribution in [0.4, 0.5) is 4.79 Å². The largest absolute Gasteiger partial charge is 0.458 e. The molecule has 0 unspecified atom stereocenters. The molecule has 4 saturated carbocycles. The summed E-state index contributed by atoms with van der Waals surface area (Å²) in [4.78, 5) is 60.6. The van der Waals surface area contributed by atoms with Crippen molar-refractivity contribution < 1.29 is 53.1 Å². The van der Waals surface area contributed by atoms with Crippen molar-refractivity contribution >= 4 is 41.4 Å². The predicted octanol–water partition coefficient (Wildman–Crippen LogP) is 4.50. The summed E-state index contributed by atoms with van der Waals surface area (Å²) < 4.78 is 22.6. The van der Waals surface area contributed by atoms with Gasteiger partial charge in [0.2, 0.25) is 11.8 Å². The number of Topliss-reactive ketones (excluding diaryl/α,β-unsaturated/α-hetero) is 1. The second-order valence-corrected chi connectivity index (χ2v) is 21.6. The van der Waals surface area contributed by atoms with Crippen molar-refractivity contribution in [3.8, 4) is 0 Å². The highest BCUT2D eigenvalue weighted by atomic mass is 32.2. The maximum atomic E-state index is 12.7. The molecular weight excluding hydrogens is 841 g/mol. The summed E-state index contributed by atoms with van der Waals surface area (Å²) >= 11 is 1.91. The molecule has 0 aromatic rings. The fraction of sp³-hybridized carbons (Fsp3) is 0.854. The van der Waals surface area contributed by atoms with Gasteiger partial charge in [-0.25, -0.2) is 9.59 Å². The van der Waals surface area contributed by atoms with Crippen LogP contribution in [-0.2, 0) is 38.1 Å². The average Bonchev–Trinajstić information content (AvgIpc) is 4.04. The van der Waals surface area contributed by atoms with Crippen LogP contribution in [0.3, 0.4) is 0 Å². The summed E-state index contributed by atoms with van der Waals surface area (Å²) in [7, 11) is 0. The third kappa shape index (κ3) is 11.3. The van der Waals surface area contributed by atoms with Gasteiger partial charge >= 0.3 is 12.0 Å². The topological polar surface area (TPSA) is 211 Å². The number of amides is 4. The highest BCUT2D eigenvalue weighted by Gasteiger charge is 2.70. The van der Waals surface area contributed by atoms with E-state index in [-0.39, 0.29) is 84.2 Å². The van der Waals surface area contributed by atoms with Gasteiger partial charge in [-0.3, -0.25) is 14.4 Å². The van der Waals surface area contributed by atoms with Crippen LogP contribution in [0.2, 0.25) is 0 Å². The molecule has 0 aromatic heterocycles. The molecular formula is C48H76N4O11S. The van der Waals surface area contributed by atoms with E-state index in [1.165, 1.54) is 0 Å². The smallest absolute Gasteiger partial charge is 0.331 e. The van der Waals surface area contributed by atoms with Crippen molar-refractivity contribution in [1.82, 2.24) is 21.3 Å². The van der Waals surface area contributed by atoms with Crippen molar-refractivity contribution in [2.75, 3.05) is 58.5 Å². The van der Waals surface area contributed by atoms with Crippen LogP contribution in [0.15, 0.2) is 11.6 Å². The minimum Gasteiger partial charge on any atom is -0.458 e. The minimum absolute atomic E-state index is 0.00961. The highest BCUT2D eigenvalue weighted by molar-refractivity contribution is 8.00. The lowest BCUT2D eigenvalue weighted by atomic mass is 9.42. The van der Waals surface area contributed by atoms with Crippen molar-refractivity contribution in [1.29, 1.82) is 0 Å². The van der Waals surface area contributed by atoms with Gasteiger partial charge < -0.3 is 50.4 Å². The lowest BCUT2D eigenvalue weighted by molar-refractivity contribution is -0.245. The molecule has 4 aliphatic carbocycles. The SMILES string of the molecule is C[C@]12CC[C@H](OCC(=O)NCCCCCC(=O)NCCOCCOCCCC(=O)CCCC[C@@H]3SC[C@@H]4NC(=O)N[C@@H]43)C[C@H]1CC[C@@H]1[C@@H]2C[C@@H](O)[C@]2(C)[C@@H](C3=CC(=O)OC3)CC[C@]12O. The second kappa shape index (κ2) is 22.4. The Kier molecular flexibility index (Phi) is 17.2. The number of nitrogens with one attached hydrogen (secondary N) is 4. The number of carbonyl (C=O) groups is 5. The molecule has 6 fully saturated rings. The van der Waals surface area contributed by atoms with Crippen molar-refractivity contribution in [3.63, 3.8) is 0 Å². The van der Waals surface area contributed by atoms with Crippen molar-refractivity contribution in [3.05, 3.63) is 11.6 Å². The van der Waals surface area contributed by atoms with E-state index in [4.69, 9.17) is 18.9 Å². The maximum Gasteiger partial charge on any atom is 0.331 e. The van der Waals surface area contributed by atoms with E-state index in [1.807, 2.05) is 18.7 Å². The molecule has 12 atom stereocenters. The Morgan fingerprint density at radius 2 is 1.62 bits per heavy atom. The number of hydrogen-bond donors (Lipinski definition) is 6. The van der Waals surface area contributed by atoms with Gasteiger partial charge in [0.1, 0.15) is 19.0 Å². The molecule has 6 N–H and O–H groups in total. The summed E-state index contributed by atoms with van der Waals surface area (Å²) in [6.45, 7) is 7.46. The van der Waals surface area contributed by atoms with Crippen LogP contribution in [0.1, 0.15) is 129 Å². The van der Waals surface area contributed by atoms with E-state index >= 15 is 0 Å². The van der Waals surface area contributed by atoms with E-state index in [2.05, 4.69) is 28.2 Å². The molecule has 15 nitrogen and oxygen atoms in total. The number of carbonyl (C=O) groups excluding carboxylic acids is 5. The monoisotopic (exact) mass is 917 g/mol. The minimum atomic E-state index is -0.990. The van der Waals surface area contributed by atoms with Crippen LogP contribution in [0.5, 0.6) is 0 Å². The number of thioether (sulfide) groups is 1. The average molecular weight is 917 g/mol. The van der Waals surface area contributed by atoms with Crippen LogP contribution in [0.25, 0.3) is 0 Å². The maximum absolute atomic E-state index is 12.7. The number of hydrogen-bond acceptors (Lipinski definition) is 12. The van der Waals surface area contributed by atoms with Crippen LogP contribution in [0, 0.1) is 34.5 Å². The molecule has 3 aliphatic heterocycles. The summed E-state index contributed by atoms with van der Waals surface area (Å²) in [6.07, 6.45) is 15.0. The molecule has 0 bridgehead atoms. The number of aliphatic hydroxyl groups excluding tert-OH is 1. The summed E-state index contributed by atoms with van der Waals surface area (Å²) in [6, 6.07) is 0.400. The Bertz CT molecular complexity index is 1680. The van der Waals surface area contributed by atoms with Crippen LogP contribution in [-0.4, -0.2) is 133 Å². The van der Waals surface area contributed by atoms with Gasteiger partial charge in [-0.1, -0.05) is 26.7 Å². The Morgan fingerprint density at radius 1 is 0.844 bits per heavy atom. The Labute approximate surface area is 383 Å². The first-order chi connectivity index (χ1) is 30.8. The normalized spacial score (nSPS) is 36.2. The summed E-state index contributed by atoms with van der Waals surface area (Å²) in [5, 5.41) is 36.6. The number of ether oxygens (including phenoxy) is 4. The van der Waals surface area contributed by atoms with Gasteiger partial charge in [-0.15, -0.1) is 0 Å². The molecule has 7 aliphatic rings. The Balaban J connectivity index is 0.654. The van der Waals surface area contributed by atoms with E-state index in [9.17, 15) is 34.2 Å². The molecule has 3 heterocycles. The van der Waals surface area contributed by atoms with E-state index in [0.29, 0.717) is 89.2 Å².